The third-order valence-corrected chi connectivity index (χ3v) is 5.36. The molecule has 0 aliphatic heterocycles. The minimum atomic E-state index is -0.241. The molecule has 3 aromatic rings. The van der Waals surface area contributed by atoms with E-state index in [0.29, 0.717) is 12.3 Å². The lowest BCUT2D eigenvalue weighted by molar-refractivity contribution is 0.0933. The number of hydrogen-bond acceptors (Lipinski definition) is 4. The Hall–Kier alpha value is -2.76. The summed E-state index contributed by atoms with van der Waals surface area (Å²) in [6.07, 6.45) is 4.57. The van der Waals surface area contributed by atoms with Gasteiger partial charge in [0.05, 0.1) is 0 Å². The van der Waals surface area contributed by atoms with Crippen LogP contribution in [0.5, 0.6) is 0 Å². The number of fused-ring (bicyclic) bond motifs is 1. The summed E-state index contributed by atoms with van der Waals surface area (Å²) in [5, 5.41) is 7.40. The first kappa shape index (κ1) is 16.7. The number of aryl methyl sites for hydroxylation is 2. The molecule has 2 aromatic heterocycles. The smallest absolute Gasteiger partial charge is 0.291 e. The van der Waals surface area contributed by atoms with E-state index < -0.39 is 0 Å². The monoisotopic (exact) mass is 349 g/mol. The summed E-state index contributed by atoms with van der Waals surface area (Å²) in [6, 6.07) is 12.4. The fourth-order valence-corrected chi connectivity index (χ4v) is 4.00. The molecule has 1 saturated carbocycles. The maximum Gasteiger partial charge on any atom is 0.291 e. The van der Waals surface area contributed by atoms with Gasteiger partial charge in [0.1, 0.15) is 0 Å². The molecule has 0 spiro atoms. The van der Waals surface area contributed by atoms with E-state index in [-0.39, 0.29) is 17.1 Å². The first-order chi connectivity index (χ1) is 12.6. The Balaban J connectivity index is 1.55. The highest BCUT2D eigenvalue weighted by atomic mass is 16.2. The van der Waals surface area contributed by atoms with Crippen molar-refractivity contribution in [2.75, 3.05) is 6.54 Å². The molecule has 0 saturated heterocycles. The van der Waals surface area contributed by atoms with Crippen molar-refractivity contribution in [3.05, 3.63) is 59.2 Å². The molecule has 0 radical (unpaired) electrons. The summed E-state index contributed by atoms with van der Waals surface area (Å²) >= 11 is 0. The van der Waals surface area contributed by atoms with E-state index in [0.717, 1.165) is 24.2 Å². The molecule has 2 heterocycles. The highest BCUT2D eigenvalue weighted by Crippen LogP contribution is 2.40. The lowest BCUT2D eigenvalue weighted by atomic mass is 9.79. The second-order valence-corrected chi connectivity index (χ2v) is 7.22. The van der Waals surface area contributed by atoms with Crippen molar-refractivity contribution in [3.63, 3.8) is 0 Å². The van der Waals surface area contributed by atoms with Crippen LogP contribution in [0, 0.1) is 13.8 Å². The molecule has 1 amide bonds. The van der Waals surface area contributed by atoms with E-state index in [1.165, 1.54) is 18.4 Å². The largest absolute Gasteiger partial charge is 0.348 e. The zero-order valence-corrected chi connectivity index (χ0v) is 15.2. The first-order valence-electron chi connectivity index (χ1n) is 9.12. The van der Waals surface area contributed by atoms with Gasteiger partial charge in [-0.25, -0.2) is 9.50 Å². The van der Waals surface area contributed by atoms with Crippen molar-refractivity contribution in [1.29, 1.82) is 0 Å². The van der Waals surface area contributed by atoms with Crippen LogP contribution >= 0.6 is 0 Å². The van der Waals surface area contributed by atoms with Crippen LogP contribution in [0.25, 0.3) is 5.78 Å². The molecule has 1 aliphatic carbocycles. The van der Waals surface area contributed by atoms with E-state index >= 15 is 0 Å². The van der Waals surface area contributed by atoms with Crippen molar-refractivity contribution < 1.29 is 4.79 Å². The topological polar surface area (TPSA) is 72.2 Å². The van der Waals surface area contributed by atoms with Crippen molar-refractivity contribution in [2.45, 2.75) is 44.9 Å². The average molecular weight is 349 g/mol. The summed E-state index contributed by atoms with van der Waals surface area (Å²) in [4.78, 5) is 21.3. The number of carbonyl (C=O) groups excluding carboxylic acids is 1. The van der Waals surface area contributed by atoms with Crippen LogP contribution in [-0.4, -0.2) is 32.0 Å². The van der Waals surface area contributed by atoms with Crippen molar-refractivity contribution in [2.24, 2.45) is 0 Å². The molecule has 6 heteroatoms. The maximum absolute atomic E-state index is 12.7. The Kier molecular flexibility index (Phi) is 4.18. The van der Waals surface area contributed by atoms with Gasteiger partial charge >= 0.3 is 0 Å². The molecule has 1 N–H and O–H groups in total. The number of benzene rings is 1. The minimum absolute atomic E-state index is 0.0147. The fraction of sp³-hybridized carbons (Fsp3) is 0.400. The van der Waals surface area contributed by atoms with Gasteiger partial charge in [-0.3, -0.25) is 4.79 Å². The summed E-state index contributed by atoms with van der Waals surface area (Å²) < 4.78 is 1.62. The van der Waals surface area contributed by atoms with Gasteiger partial charge in [0.15, 0.2) is 0 Å². The highest BCUT2D eigenvalue weighted by molar-refractivity contribution is 5.90. The van der Waals surface area contributed by atoms with Gasteiger partial charge in [-0.2, -0.15) is 4.98 Å². The summed E-state index contributed by atoms with van der Waals surface area (Å²) in [5.74, 6) is 0.397. The van der Waals surface area contributed by atoms with E-state index in [1.807, 2.05) is 26.0 Å². The van der Waals surface area contributed by atoms with Gasteiger partial charge in [-0.05, 0) is 38.3 Å². The molecule has 0 bridgehead atoms. The van der Waals surface area contributed by atoms with Crippen molar-refractivity contribution in [3.8, 4) is 0 Å². The number of rotatable bonds is 4. The molecule has 134 valence electrons. The van der Waals surface area contributed by atoms with Gasteiger partial charge in [0.25, 0.3) is 11.7 Å². The van der Waals surface area contributed by atoms with E-state index in [4.69, 9.17) is 0 Å². The first-order valence-corrected chi connectivity index (χ1v) is 9.12. The second-order valence-electron chi connectivity index (χ2n) is 7.22. The molecule has 4 rings (SSSR count). The van der Waals surface area contributed by atoms with Crippen LogP contribution in [0.3, 0.4) is 0 Å². The van der Waals surface area contributed by atoms with Gasteiger partial charge in [0.2, 0.25) is 5.82 Å². The normalized spacial score (nSPS) is 16.1. The number of nitrogens with zero attached hydrogens (tertiary/aromatic N) is 4. The highest BCUT2D eigenvalue weighted by Gasteiger charge is 2.36. The molecule has 1 fully saturated rings. The quantitative estimate of drug-likeness (QED) is 0.786. The van der Waals surface area contributed by atoms with Gasteiger partial charge in [0, 0.05) is 23.3 Å². The molecular formula is C20H23N5O. The molecule has 0 unspecified atom stereocenters. The van der Waals surface area contributed by atoms with E-state index in [1.54, 1.807) is 4.52 Å². The molecule has 0 atom stereocenters. The lowest BCUT2D eigenvalue weighted by Gasteiger charge is -2.29. The maximum atomic E-state index is 12.7. The predicted octanol–water partition coefficient (Wildman–Crippen LogP) is 2.98. The Morgan fingerprint density at radius 3 is 2.62 bits per heavy atom. The van der Waals surface area contributed by atoms with E-state index in [2.05, 4.69) is 44.6 Å². The Morgan fingerprint density at radius 1 is 1.15 bits per heavy atom. The minimum Gasteiger partial charge on any atom is -0.348 e. The standard InChI is InChI=1S/C20H23N5O/c1-14-12-15(2)25-19(22-14)23-17(24-25)18(26)21-13-20(10-6-7-11-20)16-8-4-3-5-9-16/h3-5,8-9,12H,6-7,10-11,13H2,1-2H3,(H,21,26). The molecule has 6 nitrogen and oxygen atoms in total. The molecule has 1 aromatic carbocycles. The Morgan fingerprint density at radius 2 is 1.88 bits per heavy atom. The summed E-state index contributed by atoms with van der Waals surface area (Å²) in [6.45, 7) is 4.45. The van der Waals surface area contributed by atoms with Crippen LogP contribution in [0.2, 0.25) is 0 Å². The zero-order valence-electron chi connectivity index (χ0n) is 15.2. The van der Waals surface area contributed by atoms with Gasteiger partial charge in [-0.1, -0.05) is 43.2 Å². The van der Waals surface area contributed by atoms with Crippen LogP contribution in [0.1, 0.15) is 53.3 Å². The van der Waals surface area contributed by atoms with Crippen LogP contribution < -0.4 is 5.32 Å². The number of aromatic nitrogens is 4. The summed E-state index contributed by atoms with van der Waals surface area (Å²) in [5.41, 5.74) is 3.09. The molecule has 26 heavy (non-hydrogen) atoms. The fourth-order valence-electron chi connectivity index (χ4n) is 4.00. The SMILES string of the molecule is Cc1cc(C)n2nc(C(=O)NCC3(c4ccccc4)CCCC3)nc2n1. The lowest BCUT2D eigenvalue weighted by Crippen LogP contribution is -2.39. The number of nitrogens with one attached hydrogen (secondary N) is 1. The van der Waals surface area contributed by atoms with Crippen LogP contribution in [-0.2, 0) is 5.41 Å². The number of carbonyl (C=O) groups is 1. The second kappa shape index (κ2) is 6.52. The Bertz CT molecular complexity index is 941. The van der Waals surface area contributed by atoms with Crippen LogP contribution in [0.15, 0.2) is 36.4 Å². The van der Waals surface area contributed by atoms with E-state index in [9.17, 15) is 4.79 Å². The summed E-state index contributed by atoms with van der Waals surface area (Å²) in [7, 11) is 0. The van der Waals surface area contributed by atoms with Crippen molar-refractivity contribution in [1.82, 2.24) is 24.9 Å². The third kappa shape index (κ3) is 2.96. The molecular weight excluding hydrogens is 326 g/mol. The predicted molar refractivity (Wildman–Crippen MR) is 99.2 cm³/mol. The number of amides is 1. The van der Waals surface area contributed by atoms with Gasteiger partial charge in [-0.15, -0.1) is 5.10 Å². The number of hydrogen-bond donors (Lipinski definition) is 1. The zero-order chi connectivity index (χ0) is 18.1. The van der Waals surface area contributed by atoms with Gasteiger partial charge < -0.3 is 5.32 Å². The van der Waals surface area contributed by atoms with Crippen molar-refractivity contribution >= 4 is 11.7 Å². The average Bonchev–Trinajstić information content (AvgIpc) is 3.28. The third-order valence-electron chi connectivity index (χ3n) is 5.36. The molecule has 1 aliphatic rings. The Labute approximate surface area is 152 Å². The van der Waals surface area contributed by atoms with Crippen LogP contribution in [0.4, 0.5) is 0 Å².